The highest BCUT2D eigenvalue weighted by molar-refractivity contribution is 7.09. The Balaban J connectivity index is 2.67. The summed E-state index contributed by atoms with van der Waals surface area (Å²) >= 11 is 1.49. The zero-order valence-corrected chi connectivity index (χ0v) is 12.6. The van der Waals surface area contributed by atoms with Gasteiger partial charge in [-0.15, -0.1) is 11.3 Å². The molecule has 106 valence electrons. The Morgan fingerprint density at radius 3 is 2.74 bits per heavy atom. The van der Waals surface area contributed by atoms with Crippen LogP contribution in [0.2, 0.25) is 0 Å². The number of esters is 1. The molecule has 1 rings (SSSR count). The molecule has 6 heteroatoms. The average molecular weight is 284 g/mol. The van der Waals surface area contributed by atoms with Crippen LogP contribution in [0.5, 0.6) is 0 Å². The van der Waals surface area contributed by atoms with Crippen molar-refractivity contribution in [2.45, 2.75) is 39.5 Å². The van der Waals surface area contributed by atoms with Gasteiger partial charge in [0.25, 0.3) is 0 Å². The van der Waals surface area contributed by atoms with Crippen LogP contribution in [0.15, 0.2) is 5.38 Å². The standard InChI is InChI=1S/C13H20N2O3S/c1-5-18-12(17)13(3,4)10-8-19-11(15-10)6-7-14-9(2)16/h8H,5-7H2,1-4H3,(H,14,16). The molecule has 0 radical (unpaired) electrons. The average Bonchev–Trinajstić information content (AvgIpc) is 2.78. The molecule has 19 heavy (non-hydrogen) atoms. The van der Waals surface area contributed by atoms with Crippen LogP contribution < -0.4 is 5.32 Å². The summed E-state index contributed by atoms with van der Waals surface area (Å²) in [6.07, 6.45) is 0.670. The Morgan fingerprint density at radius 2 is 2.16 bits per heavy atom. The third-order valence-electron chi connectivity index (χ3n) is 2.69. The highest BCUT2D eigenvalue weighted by Gasteiger charge is 2.33. The number of nitrogens with one attached hydrogen (secondary N) is 1. The Bertz CT molecular complexity index is 454. The van der Waals surface area contributed by atoms with Gasteiger partial charge in [0.2, 0.25) is 5.91 Å². The van der Waals surface area contributed by atoms with Gasteiger partial charge in [0.15, 0.2) is 0 Å². The van der Waals surface area contributed by atoms with Gasteiger partial charge >= 0.3 is 5.97 Å². The lowest BCUT2D eigenvalue weighted by atomic mass is 9.90. The second-order valence-corrected chi connectivity index (χ2v) is 5.65. The number of carbonyl (C=O) groups excluding carboxylic acids is 2. The molecule has 1 aromatic heterocycles. The predicted molar refractivity (Wildman–Crippen MR) is 74.2 cm³/mol. The predicted octanol–water partition coefficient (Wildman–Crippen LogP) is 1.66. The van der Waals surface area contributed by atoms with Crippen LogP contribution in [-0.4, -0.2) is 30.0 Å². The molecule has 0 saturated heterocycles. The van der Waals surface area contributed by atoms with E-state index in [1.807, 2.05) is 5.38 Å². The van der Waals surface area contributed by atoms with Crippen molar-refractivity contribution in [2.24, 2.45) is 0 Å². The quantitative estimate of drug-likeness (QED) is 0.807. The second kappa shape index (κ2) is 6.65. The van der Waals surface area contributed by atoms with Gasteiger partial charge in [-0.3, -0.25) is 9.59 Å². The first-order valence-corrected chi connectivity index (χ1v) is 7.12. The molecule has 0 bridgehead atoms. The Labute approximate surface area is 117 Å². The summed E-state index contributed by atoms with van der Waals surface area (Å²) < 4.78 is 5.05. The summed E-state index contributed by atoms with van der Waals surface area (Å²) in [7, 11) is 0. The van der Waals surface area contributed by atoms with E-state index < -0.39 is 5.41 Å². The van der Waals surface area contributed by atoms with E-state index in [-0.39, 0.29) is 11.9 Å². The fraction of sp³-hybridized carbons (Fsp3) is 0.615. The van der Waals surface area contributed by atoms with Crippen molar-refractivity contribution in [1.82, 2.24) is 10.3 Å². The van der Waals surface area contributed by atoms with Gasteiger partial charge in [-0.05, 0) is 20.8 Å². The lowest BCUT2D eigenvalue weighted by Gasteiger charge is -2.19. The molecule has 0 unspecified atom stereocenters. The van der Waals surface area contributed by atoms with E-state index in [9.17, 15) is 9.59 Å². The molecule has 1 aromatic rings. The van der Waals surface area contributed by atoms with Crippen molar-refractivity contribution in [2.75, 3.05) is 13.2 Å². The first-order valence-electron chi connectivity index (χ1n) is 6.24. The molecule has 1 heterocycles. The number of nitrogens with zero attached hydrogens (tertiary/aromatic N) is 1. The van der Waals surface area contributed by atoms with E-state index in [0.717, 1.165) is 5.01 Å². The SMILES string of the molecule is CCOC(=O)C(C)(C)c1csc(CCNC(C)=O)n1. The minimum atomic E-state index is -0.737. The first-order chi connectivity index (χ1) is 8.87. The van der Waals surface area contributed by atoms with Gasteiger partial charge in [-0.2, -0.15) is 0 Å². The van der Waals surface area contributed by atoms with Gasteiger partial charge < -0.3 is 10.1 Å². The molecule has 0 spiro atoms. The number of hydrogen-bond donors (Lipinski definition) is 1. The van der Waals surface area contributed by atoms with Crippen molar-refractivity contribution < 1.29 is 14.3 Å². The monoisotopic (exact) mass is 284 g/mol. The highest BCUT2D eigenvalue weighted by Crippen LogP contribution is 2.26. The molecule has 0 fully saturated rings. The number of hydrogen-bond acceptors (Lipinski definition) is 5. The summed E-state index contributed by atoms with van der Waals surface area (Å²) in [5.41, 5.74) is -0.0209. The molecule has 0 aliphatic carbocycles. The molecule has 0 aliphatic rings. The molecule has 5 nitrogen and oxygen atoms in total. The fourth-order valence-corrected chi connectivity index (χ4v) is 2.44. The molecular formula is C13H20N2O3S. The van der Waals surface area contributed by atoms with Gasteiger partial charge in [0.05, 0.1) is 17.3 Å². The van der Waals surface area contributed by atoms with Crippen molar-refractivity contribution in [3.63, 3.8) is 0 Å². The van der Waals surface area contributed by atoms with Crippen LogP contribution in [0.4, 0.5) is 0 Å². The van der Waals surface area contributed by atoms with Crippen LogP contribution in [0.1, 0.15) is 38.4 Å². The maximum Gasteiger partial charge on any atom is 0.317 e. The molecule has 0 aliphatic heterocycles. The molecular weight excluding hydrogens is 264 g/mol. The lowest BCUT2D eigenvalue weighted by Crippen LogP contribution is -2.31. The Hall–Kier alpha value is -1.43. The number of carbonyl (C=O) groups is 2. The minimum absolute atomic E-state index is 0.0522. The minimum Gasteiger partial charge on any atom is -0.465 e. The number of aromatic nitrogens is 1. The topological polar surface area (TPSA) is 68.3 Å². The first kappa shape index (κ1) is 15.6. The zero-order chi connectivity index (χ0) is 14.5. The van der Waals surface area contributed by atoms with E-state index in [1.165, 1.54) is 18.3 Å². The van der Waals surface area contributed by atoms with Crippen LogP contribution in [0.25, 0.3) is 0 Å². The third-order valence-corrected chi connectivity index (χ3v) is 3.60. The molecule has 0 atom stereocenters. The highest BCUT2D eigenvalue weighted by atomic mass is 32.1. The Kier molecular flexibility index (Phi) is 5.47. The molecule has 0 saturated carbocycles. The van der Waals surface area contributed by atoms with E-state index in [1.54, 1.807) is 20.8 Å². The maximum atomic E-state index is 11.9. The number of thiazole rings is 1. The number of ether oxygens (including phenoxy) is 1. The van der Waals surface area contributed by atoms with Gasteiger partial charge in [-0.1, -0.05) is 0 Å². The Morgan fingerprint density at radius 1 is 1.47 bits per heavy atom. The van der Waals surface area contributed by atoms with Gasteiger partial charge in [0, 0.05) is 25.3 Å². The van der Waals surface area contributed by atoms with Crippen molar-refractivity contribution in [3.8, 4) is 0 Å². The molecule has 1 amide bonds. The van der Waals surface area contributed by atoms with E-state index in [4.69, 9.17) is 4.74 Å². The number of amides is 1. The largest absolute Gasteiger partial charge is 0.465 e. The smallest absolute Gasteiger partial charge is 0.317 e. The summed E-state index contributed by atoms with van der Waals surface area (Å²) in [5.74, 6) is -0.322. The van der Waals surface area contributed by atoms with Crippen molar-refractivity contribution >= 4 is 23.2 Å². The van der Waals surface area contributed by atoms with Crippen LogP contribution in [0.3, 0.4) is 0 Å². The van der Waals surface area contributed by atoms with Crippen LogP contribution in [0, 0.1) is 0 Å². The lowest BCUT2D eigenvalue weighted by molar-refractivity contribution is -0.148. The van der Waals surface area contributed by atoms with Gasteiger partial charge in [0.1, 0.15) is 5.41 Å². The van der Waals surface area contributed by atoms with E-state index in [0.29, 0.717) is 25.3 Å². The summed E-state index contributed by atoms with van der Waals surface area (Å²) in [5, 5.41) is 5.50. The normalized spacial score (nSPS) is 11.2. The number of rotatable bonds is 6. The summed E-state index contributed by atoms with van der Waals surface area (Å²) in [6, 6.07) is 0. The third kappa shape index (κ3) is 4.31. The molecule has 1 N–H and O–H groups in total. The summed E-state index contributed by atoms with van der Waals surface area (Å²) in [6.45, 7) is 7.80. The van der Waals surface area contributed by atoms with E-state index >= 15 is 0 Å². The van der Waals surface area contributed by atoms with Crippen LogP contribution in [-0.2, 0) is 26.2 Å². The molecule has 0 aromatic carbocycles. The maximum absolute atomic E-state index is 11.9. The second-order valence-electron chi connectivity index (χ2n) is 4.70. The summed E-state index contributed by atoms with van der Waals surface area (Å²) in [4.78, 5) is 27.1. The van der Waals surface area contributed by atoms with Crippen LogP contribution >= 0.6 is 11.3 Å². The van der Waals surface area contributed by atoms with E-state index in [2.05, 4.69) is 10.3 Å². The van der Waals surface area contributed by atoms with Gasteiger partial charge in [-0.25, -0.2) is 4.98 Å². The zero-order valence-electron chi connectivity index (χ0n) is 11.8. The van der Waals surface area contributed by atoms with Crippen molar-refractivity contribution in [3.05, 3.63) is 16.1 Å². The fourth-order valence-electron chi connectivity index (χ4n) is 1.47. The van der Waals surface area contributed by atoms with Crippen molar-refractivity contribution in [1.29, 1.82) is 0 Å².